The number of alkyl carbamates (subject to hydrolysis) is 1. The van der Waals surface area contributed by atoms with Crippen molar-refractivity contribution in [1.29, 1.82) is 0 Å². The molecule has 0 spiro atoms. The van der Waals surface area contributed by atoms with Gasteiger partial charge in [0.15, 0.2) is 0 Å². The molecule has 1 unspecified atom stereocenters. The number of ether oxygens (including phenoxy) is 2. The highest BCUT2D eigenvalue weighted by Crippen LogP contribution is 2.18. The van der Waals surface area contributed by atoms with Gasteiger partial charge < -0.3 is 14.8 Å². The number of nitrogens with zero attached hydrogens (tertiary/aromatic N) is 1. The Balaban J connectivity index is 4.17. The Labute approximate surface area is 288 Å². The van der Waals surface area contributed by atoms with E-state index < -0.39 is 0 Å². The number of unbranched alkanes of at least 4 members (excludes halogenated alkanes) is 23. The molecule has 0 fully saturated rings. The van der Waals surface area contributed by atoms with Crippen molar-refractivity contribution in [2.24, 2.45) is 0 Å². The molecule has 46 heavy (non-hydrogen) atoms. The first-order chi connectivity index (χ1) is 22.3. The quantitative estimate of drug-likeness (QED) is 0.0418. The monoisotopic (exact) mass is 655 g/mol. The minimum atomic E-state index is -0.275. The molecule has 0 aliphatic carbocycles. The van der Waals surface area contributed by atoms with Crippen molar-refractivity contribution in [1.82, 2.24) is 10.4 Å². The summed E-state index contributed by atoms with van der Waals surface area (Å²) in [5.41, 5.74) is -0.195. The maximum atomic E-state index is 12.6. The summed E-state index contributed by atoms with van der Waals surface area (Å²) in [7, 11) is 1.87. The van der Waals surface area contributed by atoms with Crippen LogP contribution in [0.25, 0.3) is 0 Å². The fourth-order valence-corrected chi connectivity index (χ4v) is 5.86. The van der Waals surface area contributed by atoms with E-state index in [9.17, 15) is 4.79 Å². The Morgan fingerprint density at radius 2 is 0.957 bits per heavy atom. The van der Waals surface area contributed by atoms with Crippen molar-refractivity contribution in [3.05, 3.63) is 0 Å². The van der Waals surface area contributed by atoms with E-state index >= 15 is 0 Å². The van der Waals surface area contributed by atoms with Crippen molar-refractivity contribution >= 4 is 6.09 Å². The highest BCUT2D eigenvalue weighted by atomic mass is 16.7. The lowest BCUT2D eigenvalue weighted by molar-refractivity contribution is -0.213. The Morgan fingerprint density at radius 1 is 0.587 bits per heavy atom. The molecule has 0 saturated carbocycles. The molecule has 6 nitrogen and oxygen atoms in total. The molecule has 6 heteroatoms. The highest BCUT2D eigenvalue weighted by molar-refractivity contribution is 5.67. The third kappa shape index (κ3) is 36.0. The van der Waals surface area contributed by atoms with Gasteiger partial charge in [-0.25, -0.2) is 4.79 Å². The van der Waals surface area contributed by atoms with E-state index in [1.165, 1.54) is 148 Å². The lowest BCUT2D eigenvalue weighted by Crippen LogP contribution is -2.32. The Kier molecular flexibility index (Phi) is 33.4. The van der Waals surface area contributed by atoms with Gasteiger partial charge >= 0.3 is 6.09 Å². The number of hydrogen-bond acceptors (Lipinski definition) is 5. The van der Waals surface area contributed by atoms with E-state index in [0.29, 0.717) is 19.9 Å². The van der Waals surface area contributed by atoms with Gasteiger partial charge in [-0.3, -0.25) is 4.84 Å². The summed E-state index contributed by atoms with van der Waals surface area (Å²) >= 11 is 0. The predicted octanol–water partition coefficient (Wildman–Crippen LogP) is 12.7. The molecule has 0 aromatic rings. The van der Waals surface area contributed by atoms with Crippen LogP contribution in [0, 0.1) is 0 Å². The summed E-state index contributed by atoms with van der Waals surface area (Å²) in [6.07, 6.45) is 36.3. The van der Waals surface area contributed by atoms with Gasteiger partial charge in [-0.15, -0.1) is 0 Å². The van der Waals surface area contributed by atoms with Gasteiger partial charge in [0.1, 0.15) is 12.8 Å². The number of amides is 1. The molecule has 0 rings (SSSR count). The van der Waals surface area contributed by atoms with E-state index in [-0.39, 0.29) is 17.8 Å². The molecule has 0 aliphatic rings. The van der Waals surface area contributed by atoms with Crippen molar-refractivity contribution < 1.29 is 19.1 Å². The Morgan fingerprint density at radius 3 is 1.33 bits per heavy atom. The van der Waals surface area contributed by atoms with Crippen molar-refractivity contribution in [3.8, 4) is 0 Å². The average Bonchev–Trinajstić information content (AvgIpc) is 3.02. The van der Waals surface area contributed by atoms with Gasteiger partial charge in [0.25, 0.3) is 0 Å². The fourth-order valence-electron chi connectivity index (χ4n) is 5.86. The van der Waals surface area contributed by atoms with Crippen molar-refractivity contribution in [3.63, 3.8) is 0 Å². The topological polar surface area (TPSA) is 60.0 Å². The first-order valence-electron chi connectivity index (χ1n) is 20.2. The number of hydroxylamine groups is 2. The second kappa shape index (κ2) is 34.0. The summed E-state index contributed by atoms with van der Waals surface area (Å²) in [4.78, 5) is 18.3. The standard InChI is InChI=1S/C40H82N2O4/c1-7-9-11-13-15-17-19-21-23-25-27-29-31-34-38(33-30-28-26-24-22-20-18-16-14-12-10-8-2)46-39(43)41-35-32-36-45-42(6)37-44-40(3,4)5/h38H,7-37H2,1-6H3,(H,41,43). The SMILES string of the molecule is CCCCCCCCCCCCCCCC(CCCCCCCCCCCCCC)OC(=O)NCCCON(C)COC(C)(C)C. The summed E-state index contributed by atoms with van der Waals surface area (Å²) in [5, 5.41) is 4.65. The molecule has 1 amide bonds. The summed E-state index contributed by atoms with van der Waals surface area (Å²) < 4.78 is 11.7. The maximum Gasteiger partial charge on any atom is 0.407 e. The lowest BCUT2D eigenvalue weighted by Gasteiger charge is -2.24. The van der Waals surface area contributed by atoms with Crippen LogP contribution in [0.5, 0.6) is 0 Å². The van der Waals surface area contributed by atoms with Crippen LogP contribution in [-0.2, 0) is 14.3 Å². The van der Waals surface area contributed by atoms with E-state index in [4.69, 9.17) is 14.3 Å². The summed E-state index contributed by atoms with van der Waals surface area (Å²) in [6, 6.07) is 0. The molecule has 1 N–H and O–H groups in total. The van der Waals surface area contributed by atoms with Crippen LogP contribution >= 0.6 is 0 Å². The third-order valence-corrected chi connectivity index (χ3v) is 8.86. The van der Waals surface area contributed by atoms with E-state index in [2.05, 4.69) is 19.2 Å². The van der Waals surface area contributed by atoms with Crippen LogP contribution in [0.2, 0.25) is 0 Å². The maximum absolute atomic E-state index is 12.6. The molecule has 276 valence electrons. The minimum absolute atomic E-state index is 0.0350. The molecule has 0 aliphatic heterocycles. The van der Waals surface area contributed by atoms with Gasteiger partial charge in [0, 0.05) is 13.6 Å². The van der Waals surface area contributed by atoms with Crippen LogP contribution in [0.1, 0.15) is 214 Å². The first kappa shape index (κ1) is 45.2. The second-order valence-corrected chi connectivity index (χ2v) is 14.9. The Bertz CT molecular complexity index is 625. The molecule has 0 saturated heterocycles. The zero-order valence-corrected chi connectivity index (χ0v) is 32.1. The first-order valence-corrected chi connectivity index (χ1v) is 20.2. The van der Waals surface area contributed by atoms with Crippen LogP contribution in [0.4, 0.5) is 4.79 Å². The normalized spacial score (nSPS) is 12.6. The smallest absolute Gasteiger partial charge is 0.407 e. The highest BCUT2D eigenvalue weighted by Gasteiger charge is 2.15. The van der Waals surface area contributed by atoms with Crippen molar-refractivity contribution in [2.75, 3.05) is 26.9 Å². The van der Waals surface area contributed by atoms with Crippen LogP contribution in [0.3, 0.4) is 0 Å². The molecule has 0 bridgehead atoms. The predicted molar refractivity (Wildman–Crippen MR) is 198 cm³/mol. The van der Waals surface area contributed by atoms with E-state index in [1.54, 1.807) is 5.06 Å². The molecule has 1 atom stereocenters. The molecular formula is C40H82N2O4. The largest absolute Gasteiger partial charge is 0.446 e. The molecule has 0 heterocycles. The van der Waals surface area contributed by atoms with Gasteiger partial charge in [-0.05, 0) is 52.9 Å². The second-order valence-electron chi connectivity index (χ2n) is 14.9. The average molecular weight is 655 g/mol. The van der Waals surface area contributed by atoms with Gasteiger partial charge in [0.2, 0.25) is 0 Å². The fraction of sp³-hybridized carbons (Fsp3) is 0.975. The van der Waals surface area contributed by atoms with Gasteiger partial charge in [-0.1, -0.05) is 162 Å². The van der Waals surface area contributed by atoms with Crippen LogP contribution in [-0.4, -0.2) is 49.8 Å². The van der Waals surface area contributed by atoms with Crippen molar-refractivity contribution in [2.45, 2.75) is 226 Å². The minimum Gasteiger partial charge on any atom is -0.446 e. The van der Waals surface area contributed by atoms with E-state index in [1.807, 2.05) is 27.8 Å². The zero-order chi connectivity index (χ0) is 34.0. The Hall–Kier alpha value is -0.850. The number of rotatable bonds is 35. The number of carbonyl (C=O) groups is 1. The molecule has 0 radical (unpaired) electrons. The van der Waals surface area contributed by atoms with Crippen LogP contribution in [0.15, 0.2) is 0 Å². The molecule has 0 aromatic heterocycles. The third-order valence-electron chi connectivity index (χ3n) is 8.86. The van der Waals surface area contributed by atoms with E-state index in [0.717, 1.165) is 32.1 Å². The number of carbonyl (C=O) groups excluding carboxylic acids is 1. The number of nitrogens with one attached hydrogen (secondary N) is 1. The molecular weight excluding hydrogens is 572 g/mol. The van der Waals surface area contributed by atoms with Gasteiger partial charge in [0.05, 0.1) is 12.2 Å². The molecule has 0 aromatic carbocycles. The van der Waals surface area contributed by atoms with Crippen LogP contribution < -0.4 is 5.32 Å². The number of hydrogen-bond donors (Lipinski definition) is 1. The zero-order valence-electron chi connectivity index (χ0n) is 32.1. The van der Waals surface area contributed by atoms with Gasteiger partial charge in [-0.2, -0.15) is 5.06 Å². The summed E-state index contributed by atoms with van der Waals surface area (Å²) in [5.74, 6) is 0. The lowest BCUT2D eigenvalue weighted by atomic mass is 10.0. The summed E-state index contributed by atoms with van der Waals surface area (Å²) in [6.45, 7) is 12.2.